The van der Waals surface area contributed by atoms with Gasteiger partial charge in [-0.25, -0.2) is 13.1 Å². The predicted molar refractivity (Wildman–Crippen MR) is 102 cm³/mol. The summed E-state index contributed by atoms with van der Waals surface area (Å²) in [5, 5.41) is 2.70. The largest absolute Gasteiger partial charge is 0.467 e. The Morgan fingerprint density at radius 1 is 1.00 bits per heavy atom. The molecule has 2 N–H and O–H groups in total. The van der Waals surface area contributed by atoms with Crippen LogP contribution < -0.4 is 10.0 Å². The molecule has 0 saturated carbocycles. The van der Waals surface area contributed by atoms with Crippen LogP contribution in [-0.4, -0.2) is 14.3 Å². The van der Waals surface area contributed by atoms with Gasteiger partial charge in [0, 0.05) is 12.1 Å². The van der Waals surface area contributed by atoms with Crippen LogP contribution in [0.1, 0.15) is 27.2 Å². The number of sulfonamides is 1. The molecule has 0 aliphatic heterocycles. The van der Waals surface area contributed by atoms with Gasteiger partial charge in [-0.3, -0.25) is 4.79 Å². The van der Waals surface area contributed by atoms with E-state index in [1.807, 2.05) is 31.2 Å². The van der Waals surface area contributed by atoms with Crippen molar-refractivity contribution >= 4 is 15.9 Å². The van der Waals surface area contributed by atoms with Crippen LogP contribution in [0, 0.1) is 6.92 Å². The quantitative estimate of drug-likeness (QED) is 0.655. The molecule has 140 valence electrons. The Labute approximate surface area is 158 Å². The molecule has 0 fully saturated rings. The van der Waals surface area contributed by atoms with Crippen molar-refractivity contribution in [2.75, 3.05) is 0 Å². The van der Waals surface area contributed by atoms with Crippen molar-refractivity contribution in [2.24, 2.45) is 0 Å². The molecule has 1 aromatic heterocycles. The van der Waals surface area contributed by atoms with Gasteiger partial charge in [0.15, 0.2) is 0 Å². The summed E-state index contributed by atoms with van der Waals surface area (Å²) in [6.45, 7) is 2.38. The van der Waals surface area contributed by atoms with Gasteiger partial charge in [0.25, 0.3) is 5.91 Å². The van der Waals surface area contributed by atoms with E-state index in [2.05, 4.69) is 10.0 Å². The molecular weight excluding hydrogens is 364 g/mol. The highest BCUT2D eigenvalue weighted by molar-refractivity contribution is 7.89. The van der Waals surface area contributed by atoms with Gasteiger partial charge in [0.05, 0.1) is 17.7 Å². The summed E-state index contributed by atoms with van der Waals surface area (Å²) >= 11 is 0. The van der Waals surface area contributed by atoms with Gasteiger partial charge < -0.3 is 9.73 Å². The molecule has 0 unspecified atom stereocenters. The van der Waals surface area contributed by atoms with Gasteiger partial charge in [-0.15, -0.1) is 0 Å². The highest BCUT2D eigenvalue weighted by Gasteiger charge is 2.16. The zero-order valence-electron chi connectivity index (χ0n) is 14.8. The maximum atomic E-state index is 12.5. The molecule has 27 heavy (non-hydrogen) atoms. The number of carbonyl (C=O) groups excluding carboxylic acids is 1. The van der Waals surface area contributed by atoms with E-state index in [0.29, 0.717) is 5.76 Å². The van der Waals surface area contributed by atoms with Crippen molar-refractivity contribution in [1.29, 1.82) is 0 Å². The summed E-state index contributed by atoms with van der Waals surface area (Å²) in [6, 6.07) is 17.0. The summed E-state index contributed by atoms with van der Waals surface area (Å²) < 4.78 is 32.8. The maximum absolute atomic E-state index is 12.5. The molecule has 7 heteroatoms. The minimum atomic E-state index is -3.73. The van der Waals surface area contributed by atoms with E-state index in [1.54, 1.807) is 24.3 Å². The summed E-state index contributed by atoms with van der Waals surface area (Å²) in [6.07, 6.45) is 1.52. The third-order valence-electron chi connectivity index (χ3n) is 4.00. The van der Waals surface area contributed by atoms with E-state index in [9.17, 15) is 13.2 Å². The Bertz CT molecular complexity index is 1010. The summed E-state index contributed by atoms with van der Waals surface area (Å²) in [5.41, 5.74) is 2.23. The van der Waals surface area contributed by atoms with Crippen molar-refractivity contribution in [2.45, 2.75) is 24.9 Å². The van der Waals surface area contributed by atoms with Crippen molar-refractivity contribution in [3.05, 3.63) is 89.4 Å². The Balaban J connectivity index is 1.67. The fraction of sp³-hybridized carbons (Fsp3) is 0.150. The van der Waals surface area contributed by atoms with Crippen molar-refractivity contribution in [3.8, 4) is 0 Å². The molecule has 0 atom stereocenters. The number of carbonyl (C=O) groups is 1. The minimum absolute atomic E-state index is 0.0419. The third-order valence-corrected chi connectivity index (χ3v) is 5.40. The number of hydrogen-bond donors (Lipinski definition) is 2. The molecule has 3 rings (SSSR count). The van der Waals surface area contributed by atoms with Crippen LogP contribution in [0.25, 0.3) is 0 Å². The Morgan fingerprint density at radius 3 is 2.48 bits per heavy atom. The number of benzene rings is 2. The van der Waals surface area contributed by atoms with Crippen molar-refractivity contribution < 1.29 is 17.6 Å². The standard InChI is InChI=1S/C20H20N2O4S/c1-15-7-9-16(10-8-15)13-22-27(24,25)19-6-2-4-17(12-19)20(23)21-14-18-5-3-11-26-18/h2-12,22H,13-14H2,1H3,(H,21,23). The van der Waals surface area contributed by atoms with Gasteiger partial charge in [0.2, 0.25) is 10.0 Å². The van der Waals surface area contributed by atoms with Crippen LogP contribution in [0.3, 0.4) is 0 Å². The van der Waals surface area contributed by atoms with E-state index in [4.69, 9.17) is 4.42 Å². The molecular formula is C20H20N2O4S. The SMILES string of the molecule is Cc1ccc(CNS(=O)(=O)c2cccc(C(=O)NCc3ccco3)c2)cc1. The van der Waals surface area contributed by atoms with Crippen LogP contribution in [0.4, 0.5) is 0 Å². The summed E-state index contributed by atoms with van der Waals surface area (Å²) in [5.74, 6) is 0.244. The van der Waals surface area contributed by atoms with Crippen LogP contribution >= 0.6 is 0 Å². The second-order valence-electron chi connectivity index (χ2n) is 6.10. The lowest BCUT2D eigenvalue weighted by Gasteiger charge is -2.09. The second kappa shape index (κ2) is 8.20. The number of rotatable bonds is 7. The lowest BCUT2D eigenvalue weighted by atomic mass is 10.2. The predicted octanol–water partition coefficient (Wildman–Crippen LogP) is 3.00. The third kappa shape index (κ3) is 5.06. The monoisotopic (exact) mass is 384 g/mol. The Morgan fingerprint density at radius 2 is 1.78 bits per heavy atom. The van der Waals surface area contributed by atoms with Gasteiger partial charge in [0.1, 0.15) is 5.76 Å². The summed E-state index contributed by atoms with van der Waals surface area (Å²) in [7, 11) is -3.73. The molecule has 0 spiro atoms. The number of amides is 1. The number of nitrogens with one attached hydrogen (secondary N) is 2. The van der Waals surface area contributed by atoms with Crippen molar-refractivity contribution in [3.63, 3.8) is 0 Å². The molecule has 0 bridgehead atoms. The molecule has 0 saturated heterocycles. The van der Waals surface area contributed by atoms with Crippen molar-refractivity contribution in [1.82, 2.24) is 10.0 Å². The topological polar surface area (TPSA) is 88.4 Å². The molecule has 2 aromatic carbocycles. The highest BCUT2D eigenvalue weighted by atomic mass is 32.2. The van der Waals surface area contributed by atoms with Gasteiger partial charge >= 0.3 is 0 Å². The first-order valence-electron chi connectivity index (χ1n) is 8.40. The fourth-order valence-corrected chi connectivity index (χ4v) is 3.52. The Kier molecular flexibility index (Phi) is 5.73. The Hall–Kier alpha value is -2.90. The highest BCUT2D eigenvalue weighted by Crippen LogP contribution is 2.13. The minimum Gasteiger partial charge on any atom is -0.467 e. The first kappa shape index (κ1) is 18.9. The number of aryl methyl sites for hydroxylation is 1. The molecule has 1 amide bonds. The van der Waals surface area contributed by atoms with E-state index >= 15 is 0 Å². The maximum Gasteiger partial charge on any atom is 0.251 e. The normalized spacial score (nSPS) is 11.3. The van der Waals surface area contributed by atoms with Gasteiger partial charge in [-0.1, -0.05) is 35.9 Å². The van der Waals surface area contributed by atoms with Crippen LogP contribution in [-0.2, 0) is 23.1 Å². The smallest absolute Gasteiger partial charge is 0.251 e. The average molecular weight is 384 g/mol. The molecule has 6 nitrogen and oxygen atoms in total. The average Bonchev–Trinajstić information content (AvgIpc) is 3.19. The van der Waals surface area contributed by atoms with E-state index in [-0.39, 0.29) is 29.5 Å². The zero-order valence-corrected chi connectivity index (χ0v) is 15.6. The number of furan rings is 1. The van der Waals surface area contributed by atoms with Crippen LogP contribution in [0.15, 0.2) is 76.2 Å². The second-order valence-corrected chi connectivity index (χ2v) is 7.87. The van der Waals surface area contributed by atoms with Gasteiger partial charge in [-0.05, 0) is 42.8 Å². The molecule has 3 aromatic rings. The summed E-state index contributed by atoms with van der Waals surface area (Å²) in [4.78, 5) is 12.3. The fourth-order valence-electron chi connectivity index (χ4n) is 2.45. The van der Waals surface area contributed by atoms with Crippen LogP contribution in [0.2, 0.25) is 0 Å². The van der Waals surface area contributed by atoms with E-state index in [1.165, 1.54) is 18.4 Å². The molecule has 0 aliphatic carbocycles. The zero-order chi connectivity index (χ0) is 19.3. The molecule has 1 heterocycles. The lowest BCUT2D eigenvalue weighted by molar-refractivity contribution is 0.0948. The lowest BCUT2D eigenvalue weighted by Crippen LogP contribution is -2.25. The first-order valence-corrected chi connectivity index (χ1v) is 9.88. The molecule has 0 aliphatic rings. The first-order chi connectivity index (χ1) is 12.9. The number of hydrogen-bond acceptors (Lipinski definition) is 4. The molecule has 0 radical (unpaired) electrons. The van der Waals surface area contributed by atoms with Crippen LogP contribution in [0.5, 0.6) is 0 Å². The van der Waals surface area contributed by atoms with E-state index < -0.39 is 10.0 Å². The van der Waals surface area contributed by atoms with Gasteiger partial charge in [-0.2, -0.15) is 0 Å². The van der Waals surface area contributed by atoms with E-state index in [0.717, 1.165) is 11.1 Å².